The van der Waals surface area contributed by atoms with E-state index in [1.807, 2.05) is 19.1 Å². The summed E-state index contributed by atoms with van der Waals surface area (Å²) in [5.41, 5.74) is 3.33. The minimum atomic E-state index is -0.481. The average molecular weight is 326 g/mol. The Bertz CT molecular complexity index is 787. The van der Waals surface area contributed by atoms with Crippen molar-refractivity contribution in [2.75, 3.05) is 5.32 Å². The molecule has 0 saturated carbocycles. The molecule has 0 spiro atoms. The van der Waals surface area contributed by atoms with Crippen LogP contribution < -0.4 is 5.32 Å². The topological polar surface area (TPSA) is 72.2 Å². The molecule has 1 N–H and O–H groups in total. The van der Waals surface area contributed by atoms with Gasteiger partial charge in [-0.2, -0.15) is 0 Å². The van der Waals surface area contributed by atoms with E-state index < -0.39 is 4.92 Å². The second kappa shape index (κ2) is 6.43. The molecule has 1 amide bonds. The summed E-state index contributed by atoms with van der Waals surface area (Å²) >= 11 is 0. The molecular formula is C19H22N2O3. The molecule has 0 aliphatic carbocycles. The van der Waals surface area contributed by atoms with Crippen molar-refractivity contribution < 1.29 is 9.72 Å². The molecule has 126 valence electrons. The van der Waals surface area contributed by atoms with Gasteiger partial charge in [0.05, 0.1) is 4.92 Å². The van der Waals surface area contributed by atoms with Crippen LogP contribution >= 0.6 is 0 Å². The van der Waals surface area contributed by atoms with Crippen molar-refractivity contribution in [3.05, 3.63) is 68.8 Å². The molecule has 2 rings (SSSR count). The predicted octanol–water partition coefficient (Wildman–Crippen LogP) is 4.76. The molecule has 24 heavy (non-hydrogen) atoms. The molecule has 2 aromatic rings. The number of hydrogen-bond donors (Lipinski definition) is 1. The van der Waals surface area contributed by atoms with Crippen LogP contribution in [0.1, 0.15) is 47.8 Å². The molecule has 0 aliphatic heterocycles. The summed E-state index contributed by atoms with van der Waals surface area (Å²) < 4.78 is 0. The molecular weight excluding hydrogens is 304 g/mol. The second-order valence-corrected chi connectivity index (χ2v) is 6.94. The van der Waals surface area contributed by atoms with Crippen LogP contribution in [0.4, 0.5) is 11.4 Å². The third-order valence-corrected chi connectivity index (χ3v) is 4.16. The summed E-state index contributed by atoms with van der Waals surface area (Å²) in [5, 5.41) is 13.9. The van der Waals surface area contributed by atoms with E-state index in [2.05, 4.69) is 26.1 Å². The SMILES string of the molecule is Cc1ccc([N+](=O)[O-])c(NC(=O)c2ccc(C(C)(C)C)cc2)c1C. The summed E-state index contributed by atoms with van der Waals surface area (Å²) in [6.07, 6.45) is 0. The van der Waals surface area contributed by atoms with Gasteiger partial charge < -0.3 is 5.32 Å². The van der Waals surface area contributed by atoms with Gasteiger partial charge in [0.1, 0.15) is 5.69 Å². The fourth-order valence-corrected chi connectivity index (χ4v) is 2.42. The lowest BCUT2D eigenvalue weighted by Crippen LogP contribution is -2.16. The van der Waals surface area contributed by atoms with E-state index in [1.165, 1.54) is 6.07 Å². The van der Waals surface area contributed by atoms with Crippen molar-refractivity contribution in [2.45, 2.75) is 40.0 Å². The highest BCUT2D eigenvalue weighted by Crippen LogP contribution is 2.31. The van der Waals surface area contributed by atoms with Gasteiger partial charge in [-0.15, -0.1) is 0 Å². The van der Waals surface area contributed by atoms with Crippen LogP contribution in [0.25, 0.3) is 0 Å². The van der Waals surface area contributed by atoms with Gasteiger partial charge in [-0.25, -0.2) is 0 Å². The number of nitrogens with zero attached hydrogens (tertiary/aromatic N) is 1. The first-order chi connectivity index (χ1) is 11.1. The van der Waals surface area contributed by atoms with Gasteiger partial charge in [0.2, 0.25) is 0 Å². The molecule has 0 bridgehead atoms. The minimum Gasteiger partial charge on any atom is -0.316 e. The molecule has 0 unspecified atom stereocenters. The van der Waals surface area contributed by atoms with E-state index >= 15 is 0 Å². The van der Waals surface area contributed by atoms with Gasteiger partial charge in [0.25, 0.3) is 11.6 Å². The predicted molar refractivity (Wildman–Crippen MR) is 95.7 cm³/mol. The fourth-order valence-electron chi connectivity index (χ4n) is 2.42. The van der Waals surface area contributed by atoms with Gasteiger partial charge in [-0.1, -0.05) is 39.0 Å². The summed E-state index contributed by atoms with van der Waals surface area (Å²) in [4.78, 5) is 23.2. The Kier molecular flexibility index (Phi) is 4.73. The Hall–Kier alpha value is -2.69. The zero-order valence-corrected chi connectivity index (χ0v) is 14.6. The van der Waals surface area contributed by atoms with E-state index in [9.17, 15) is 14.9 Å². The highest BCUT2D eigenvalue weighted by Gasteiger charge is 2.20. The van der Waals surface area contributed by atoms with Crippen LogP contribution in [-0.2, 0) is 5.41 Å². The lowest BCUT2D eigenvalue weighted by atomic mass is 9.86. The van der Waals surface area contributed by atoms with E-state index in [4.69, 9.17) is 0 Å². The number of nitro groups is 1. The standard InChI is InChI=1S/C19H22N2O3/c1-12-6-11-16(21(23)24)17(13(12)2)20-18(22)14-7-9-15(10-8-14)19(3,4)5/h6-11H,1-5H3,(H,20,22). The number of nitrogens with one attached hydrogen (secondary N) is 1. The number of aryl methyl sites for hydroxylation is 1. The van der Waals surface area contributed by atoms with Gasteiger partial charge in [-0.05, 0) is 48.1 Å². The highest BCUT2D eigenvalue weighted by atomic mass is 16.6. The van der Waals surface area contributed by atoms with Crippen molar-refractivity contribution in [3.8, 4) is 0 Å². The molecule has 0 fully saturated rings. The van der Waals surface area contributed by atoms with Crippen molar-refractivity contribution in [1.29, 1.82) is 0 Å². The number of carbonyl (C=O) groups excluding carboxylic acids is 1. The van der Waals surface area contributed by atoms with Crippen LogP contribution in [0.2, 0.25) is 0 Å². The van der Waals surface area contributed by atoms with Crippen LogP contribution in [-0.4, -0.2) is 10.8 Å². The fraction of sp³-hybridized carbons (Fsp3) is 0.316. The maximum absolute atomic E-state index is 12.5. The van der Waals surface area contributed by atoms with Crippen LogP contribution in [0.3, 0.4) is 0 Å². The highest BCUT2D eigenvalue weighted by molar-refractivity contribution is 6.06. The Morgan fingerprint density at radius 3 is 2.12 bits per heavy atom. The summed E-state index contributed by atoms with van der Waals surface area (Å²) in [7, 11) is 0. The number of carbonyl (C=O) groups is 1. The van der Waals surface area contributed by atoms with E-state index in [-0.39, 0.29) is 22.7 Å². The Labute approximate surface area is 141 Å². The number of anilines is 1. The normalized spacial score (nSPS) is 11.2. The van der Waals surface area contributed by atoms with Crippen molar-refractivity contribution in [3.63, 3.8) is 0 Å². The van der Waals surface area contributed by atoms with Crippen molar-refractivity contribution >= 4 is 17.3 Å². The summed E-state index contributed by atoms with van der Waals surface area (Å²) in [6, 6.07) is 10.4. The summed E-state index contributed by atoms with van der Waals surface area (Å²) in [6.45, 7) is 9.91. The van der Waals surface area contributed by atoms with Crippen LogP contribution in [0.15, 0.2) is 36.4 Å². The molecule has 0 atom stereocenters. The monoisotopic (exact) mass is 326 g/mol. The average Bonchev–Trinajstić information content (AvgIpc) is 2.50. The first kappa shape index (κ1) is 17.7. The number of hydrogen-bond acceptors (Lipinski definition) is 3. The second-order valence-electron chi connectivity index (χ2n) is 6.94. The largest absolute Gasteiger partial charge is 0.316 e. The number of rotatable bonds is 3. The lowest BCUT2D eigenvalue weighted by molar-refractivity contribution is -0.384. The lowest BCUT2D eigenvalue weighted by Gasteiger charge is -2.19. The molecule has 5 heteroatoms. The van der Waals surface area contributed by atoms with Crippen molar-refractivity contribution in [2.24, 2.45) is 0 Å². The Morgan fingerprint density at radius 2 is 1.62 bits per heavy atom. The van der Waals surface area contributed by atoms with Gasteiger partial charge >= 0.3 is 0 Å². The number of benzene rings is 2. The molecule has 0 radical (unpaired) electrons. The molecule has 5 nitrogen and oxygen atoms in total. The summed E-state index contributed by atoms with van der Waals surface area (Å²) in [5.74, 6) is -0.354. The van der Waals surface area contributed by atoms with E-state index in [0.717, 1.165) is 11.1 Å². The zero-order valence-electron chi connectivity index (χ0n) is 14.6. The Balaban J connectivity index is 2.33. The maximum atomic E-state index is 12.5. The quantitative estimate of drug-likeness (QED) is 0.653. The van der Waals surface area contributed by atoms with Crippen molar-refractivity contribution in [1.82, 2.24) is 0 Å². The van der Waals surface area contributed by atoms with Crippen LogP contribution in [0.5, 0.6) is 0 Å². The molecule has 0 heterocycles. The molecule has 2 aromatic carbocycles. The molecule has 0 saturated heterocycles. The zero-order chi connectivity index (χ0) is 18.1. The van der Waals surface area contributed by atoms with Gasteiger partial charge in [0, 0.05) is 11.6 Å². The van der Waals surface area contributed by atoms with E-state index in [0.29, 0.717) is 11.1 Å². The Morgan fingerprint density at radius 1 is 1.04 bits per heavy atom. The first-order valence-electron chi connectivity index (χ1n) is 7.77. The first-order valence-corrected chi connectivity index (χ1v) is 7.77. The van der Waals surface area contributed by atoms with Gasteiger partial charge in [-0.3, -0.25) is 14.9 Å². The minimum absolute atomic E-state index is 0.000916. The molecule has 0 aromatic heterocycles. The maximum Gasteiger partial charge on any atom is 0.293 e. The van der Waals surface area contributed by atoms with Crippen LogP contribution in [0, 0.1) is 24.0 Å². The molecule has 0 aliphatic rings. The number of nitro benzene ring substituents is 1. The third-order valence-electron chi connectivity index (χ3n) is 4.16. The third kappa shape index (κ3) is 3.62. The number of amides is 1. The van der Waals surface area contributed by atoms with Gasteiger partial charge in [0.15, 0.2) is 0 Å². The van der Waals surface area contributed by atoms with E-state index in [1.54, 1.807) is 25.1 Å². The smallest absolute Gasteiger partial charge is 0.293 e.